The van der Waals surface area contributed by atoms with Crippen molar-refractivity contribution >= 4 is 12.0 Å². The van der Waals surface area contributed by atoms with Gasteiger partial charge in [0.2, 0.25) is 0 Å². The molecule has 2 N–H and O–H groups in total. The standard InChI is InChI=1S/C12H18N4O3/c1-9(2)16(7-5-11(17)18)12(19)13-8-10-4-3-6-14-15-10/h3-4,6,9H,5,7-8H2,1-2H3,(H,13,19)(H,17,18). The molecule has 0 saturated carbocycles. The number of nitrogens with zero attached hydrogens (tertiary/aromatic N) is 3. The molecule has 7 heteroatoms. The third-order valence-electron chi connectivity index (χ3n) is 2.50. The van der Waals surface area contributed by atoms with Crippen molar-refractivity contribution in [3.8, 4) is 0 Å². The summed E-state index contributed by atoms with van der Waals surface area (Å²) in [6.45, 7) is 4.12. The van der Waals surface area contributed by atoms with Crippen molar-refractivity contribution < 1.29 is 14.7 Å². The minimum Gasteiger partial charge on any atom is -0.481 e. The van der Waals surface area contributed by atoms with Crippen LogP contribution in [0, 0.1) is 0 Å². The molecule has 1 rings (SSSR count). The molecule has 19 heavy (non-hydrogen) atoms. The van der Waals surface area contributed by atoms with Gasteiger partial charge in [-0.1, -0.05) is 0 Å². The van der Waals surface area contributed by atoms with E-state index in [1.165, 1.54) is 4.90 Å². The zero-order chi connectivity index (χ0) is 14.3. The SMILES string of the molecule is CC(C)N(CCC(=O)O)C(=O)NCc1cccnn1. The highest BCUT2D eigenvalue weighted by Gasteiger charge is 2.17. The van der Waals surface area contributed by atoms with Crippen LogP contribution in [0.5, 0.6) is 0 Å². The van der Waals surface area contributed by atoms with Crippen molar-refractivity contribution in [1.29, 1.82) is 0 Å². The summed E-state index contributed by atoms with van der Waals surface area (Å²) in [7, 11) is 0. The van der Waals surface area contributed by atoms with Gasteiger partial charge in [-0.2, -0.15) is 10.2 Å². The molecule has 1 heterocycles. The van der Waals surface area contributed by atoms with Crippen molar-refractivity contribution in [2.24, 2.45) is 0 Å². The highest BCUT2D eigenvalue weighted by molar-refractivity contribution is 5.75. The van der Waals surface area contributed by atoms with E-state index < -0.39 is 5.97 Å². The Labute approximate surface area is 111 Å². The normalized spacial score (nSPS) is 10.3. The molecule has 1 aromatic heterocycles. The van der Waals surface area contributed by atoms with Crippen molar-refractivity contribution in [3.63, 3.8) is 0 Å². The molecule has 7 nitrogen and oxygen atoms in total. The number of rotatable bonds is 6. The van der Waals surface area contributed by atoms with E-state index >= 15 is 0 Å². The number of amides is 2. The second-order valence-electron chi connectivity index (χ2n) is 4.30. The van der Waals surface area contributed by atoms with Gasteiger partial charge in [0.05, 0.1) is 18.7 Å². The van der Waals surface area contributed by atoms with Crippen LogP contribution in [0.15, 0.2) is 18.3 Å². The van der Waals surface area contributed by atoms with Gasteiger partial charge in [0.15, 0.2) is 0 Å². The molecule has 104 valence electrons. The predicted octanol–water partition coefficient (Wildman–Crippen LogP) is 0.871. The van der Waals surface area contributed by atoms with Crippen molar-refractivity contribution in [2.75, 3.05) is 6.54 Å². The first-order valence-corrected chi connectivity index (χ1v) is 6.03. The van der Waals surface area contributed by atoms with Gasteiger partial charge in [-0.25, -0.2) is 4.79 Å². The topological polar surface area (TPSA) is 95.4 Å². The summed E-state index contributed by atoms with van der Waals surface area (Å²) in [5.41, 5.74) is 0.651. The van der Waals surface area contributed by atoms with Crippen LogP contribution in [-0.2, 0) is 11.3 Å². The van der Waals surface area contributed by atoms with E-state index in [-0.39, 0.29) is 31.6 Å². The van der Waals surface area contributed by atoms with Crippen LogP contribution >= 0.6 is 0 Å². The molecule has 0 bridgehead atoms. The van der Waals surface area contributed by atoms with E-state index in [1.54, 1.807) is 18.3 Å². The second-order valence-corrected chi connectivity index (χ2v) is 4.30. The fourth-order valence-electron chi connectivity index (χ4n) is 1.51. The van der Waals surface area contributed by atoms with Crippen LogP contribution < -0.4 is 5.32 Å². The second kappa shape index (κ2) is 7.30. The number of aliphatic carboxylic acids is 1. The molecule has 0 aliphatic carbocycles. The number of urea groups is 1. The van der Waals surface area contributed by atoms with Crippen LogP contribution in [0.4, 0.5) is 4.79 Å². The number of nitrogens with one attached hydrogen (secondary N) is 1. The lowest BCUT2D eigenvalue weighted by Gasteiger charge is -2.26. The summed E-state index contributed by atoms with van der Waals surface area (Å²) in [4.78, 5) is 24.0. The maximum atomic E-state index is 11.9. The molecule has 0 radical (unpaired) electrons. The maximum absolute atomic E-state index is 11.9. The van der Waals surface area contributed by atoms with Crippen LogP contribution in [0.2, 0.25) is 0 Å². The lowest BCUT2D eigenvalue weighted by Crippen LogP contribution is -2.44. The smallest absolute Gasteiger partial charge is 0.317 e. The first-order valence-electron chi connectivity index (χ1n) is 6.03. The number of aromatic nitrogens is 2. The van der Waals surface area contributed by atoms with Gasteiger partial charge >= 0.3 is 12.0 Å². The predicted molar refractivity (Wildman–Crippen MR) is 68.4 cm³/mol. The number of carboxylic acids is 1. The molecule has 0 aliphatic heterocycles. The average molecular weight is 266 g/mol. The number of carbonyl (C=O) groups excluding carboxylic acids is 1. The lowest BCUT2D eigenvalue weighted by molar-refractivity contribution is -0.137. The molecule has 0 unspecified atom stereocenters. The van der Waals surface area contributed by atoms with Crippen LogP contribution in [0.25, 0.3) is 0 Å². The maximum Gasteiger partial charge on any atom is 0.317 e. The number of hydrogen-bond donors (Lipinski definition) is 2. The minimum atomic E-state index is -0.924. The molecule has 0 aromatic carbocycles. The van der Waals surface area contributed by atoms with Crippen molar-refractivity contribution in [3.05, 3.63) is 24.0 Å². The van der Waals surface area contributed by atoms with Gasteiger partial charge in [0, 0.05) is 18.8 Å². The Morgan fingerprint density at radius 3 is 2.74 bits per heavy atom. The highest BCUT2D eigenvalue weighted by atomic mass is 16.4. The van der Waals surface area contributed by atoms with Crippen molar-refractivity contribution in [2.45, 2.75) is 32.9 Å². The molecule has 0 spiro atoms. The Kier molecular flexibility index (Phi) is 5.72. The van der Waals surface area contributed by atoms with E-state index in [0.29, 0.717) is 5.69 Å². The van der Waals surface area contributed by atoms with Crippen LogP contribution in [0.3, 0.4) is 0 Å². The van der Waals surface area contributed by atoms with E-state index in [4.69, 9.17) is 5.11 Å². The first kappa shape index (κ1) is 14.9. The summed E-state index contributed by atoms with van der Waals surface area (Å²) < 4.78 is 0. The Morgan fingerprint density at radius 1 is 1.47 bits per heavy atom. The first-order chi connectivity index (χ1) is 9.00. The summed E-state index contributed by atoms with van der Waals surface area (Å²) >= 11 is 0. The zero-order valence-corrected chi connectivity index (χ0v) is 11.0. The highest BCUT2D eigenvalue weighted by Crippen LogP contribution is 2.01. The Hall–Kier alpha value is -2.18. The Morgan fingerprint density at radius 2 is 2.21 bits per heavy atom. The van der Waals surface area contributed by atoms with Gasteiger partial charge in [0.1, 0.15) is 0 Å². The third-order valence-corrected chi connectivity index (χ3v) is 2.50. The zero-order valence-electron chi connectivity index (χ0n) is 11.0. The van der Waals surface area contributed by atoms with Crippen molar-refractivity contribution in [1.82, 2.24) is 20.4 Å². The quantitative estimate of drug-likeness (QED) is 0.796. The van der Waals surface area contributed by atoms with Crippen LogP contribution in [0.1, 0.15) is 26.0 Å². The van der Waals surface area contributed by atoms with Gasteiger partial charge in [0.25, 0.3) is 0 Å². The molecular formula is C12H18N4O3. The fraction of sp³-hybridized carbons (Fsp3) is 0.500. The van der Waals surface area contributed by atoms with Gasteiger partial charge in [-0.05, 0) is 26.0 Å². The van der Waals surface area contributed by atoms with Crippen LogP contribution in [-0.4, -0.2) is 44.8 Å². The summed E-state index contributed by atoms with van der Waals surface area (Å²) in [5, 5.41) is 18.9. The summed E-state index contributed by atoms with van der Waals surface area (Å²) in [6.07, 6.45) is 1.48. The molecular weight excluding hydrogens is 248 g/mol. The van der Waals surface area contributed by atoms with E-state index in [0.717, 1.165) is 0 Å². The third kappa shape index (κ3) is 5.33. The summed E-state index contributed by atoms with van der Waals surface area (Å²) in [6, 6.07) is 3.12. The average Bonchev–Trinajstić information content (AvgIpc) is 2.37. The molecule has 0 atom stereocenters. The molecule has 0 saturated heterocycles. The van der Waals surface area contributed by atoms with E-state index in [9.17, 15) is 9.59 Å². The fourth-order valence-corrected chi connectivity index (χ4v) is 1.51. The lowest BCUT2D eigenvalue weighted by atomic mass is 10.3. The number of carboxylic acid groups (broad SMARTS) is 1. The largest absolute Gasteiger partial charge is 0.481 e. The molecule has 1 aromatic rings. The van der Waals surface area contributed by atoms with Gasteiger partial charge in [-0.15, -0.1) is 0 Å². The Bertz CT molecular complexity index is 422. The minimum absolute atomic E-state index is 0.0683. The van der Waals surface area contributed by atoms with E-state index in [1.807, 2.05) is 13.8 Å². The molecule has 0 aliphatic rings. The summed E-state index contributed by atoms with van der Waals surface area (Å²) in [5.74, 6) is -0.924. The van der Waals surface area contributed by atoms with E-state index in [2.05, 4.69) is 15.5 Å². The molecule has 2 amide bonds. The monoisotopic (exact) mass is 266 g/mol. The van der Waals surface area contributed by atoms with Gasteiger partial charge in [-0.3, -0.25) is 4.79 Å². The number of hydrogen-bond acceptors (Lipinski definition) is 4. The number of carbonyl (C=O) groups is 2. The molecule has 0 fully saturated rings. The Balaban J connectivity index is 2.50. The van der Waals surface area contributed by atoms with Gasteiger partial charge < -0.3 is 15.3 Å².